The Kier molecular flexibility index (Phi) is 5.61. The van der Waals surface area contributed by atoms with Crippen LogP contribution < -0.4 is 10.1 Å². The topological polar surface area (TPSA) is 38.3 Å². The first kappa shape index (κ1) is 18.5. The van der Waals surface area contributed by atoms with E-state index in [-0.39, 0.29) is 11.8 Å². The van der Waals surface area contributed by atoms with Crippen molar-refractivity contribution in [1.82, 2.24) is 5.32 Å². The summed E-state index contributed by atoms with van der Waals surface area (Å²) in [5, 5.41) is 3.35. The van der Waals surface area contributed by atoms with Crippen LogP contribution >= 0.6 is 0 Å². The third kappa shape index (κ3) is 4.85. The molecule has 1 aliphatic rings. The quantitative estimate of drug-likeness (QED) is 0.741. The van der Waals surface area contributed by atoms with Crippen LogP contribution in [0, 0.1) is 0 Å². The third-order valence-electron chi connectivity index (χ3n) is 4.44. The summed E-state index contributed by atoms with van der Waals surface area (Å²) in [4.78, 5) is 12.3. The maximum atomic E-state index is 12.6. The number of carbonyl (C=O) groups excluding carboxylic acids is 1. The lowest BCUT2D eigenvalue weighted by Crippen LogP contribution is -2.35. The van der Waals surface area contributed by atoms with E-state index in [2.05, 4.69) is 5.32 Å². The highest BCUT2D eigenvalue weighted by Gasteiger charge is 2.30. The van der Waals surface area contributed by atoms with Gasteiger partial charge in [-0.1, -0.05) is 6.42 Å². The van der Waals surface area contributed by atoms with E-state index in [1.807, 2.05) is 0 Å². The number of hydrogen-bond acceptors (Lipinski definition) is 3. The van der Waals surface area contributed by atoms with Gasteiger partial charge in [0.15, 0.2) is 5.78 Å². The van der Waals surface area contributed by atoms with Gasteiger partial charge in [-0.15, -0.1) is 0 Å². The van der Waals surface area contributed by atoms with Crippen molar-refractivity contribution in [3.05, 3.63) is 59.7 Å². The second-order valence-corrected chi connectivity index (χ2v) is 6.42. The number of halogens is 3. The predicted molar refractivity (Wildman–Crippen MR) is 92.5 cm³/mol. The molecule has 2 aromatic carbocycles. The van der Waals surface area contributed by atoms with Crippen molar-refractivity contribution in [3.63, 3.8) is 0 Å². The number of piperidine rings is 1. The lowest BCUT2D eigenvalue weighted by molar-refractivity contribution is -0.137. The lowest BCUT2D eigenvalue weighted by Gasteiger charge is -2.22. The number of alkyl halides is 3. The first-order chi connectivity index (χ1) is 12.4. The molecule has 0 radical (unpaired) electrons. The summed E-state index contributed by atoms with van der Waals surface area (Å²) in [6, 6.07) is 11.4. The van der Waals surface area contributed by atoms with Crippen LogP contribution in [0.5, 0.6) is 11.5 Å². The summed E-state index contributed by atoms with van der Waals surface area (Å²) >= 11 is 0. The zero-order chi connectivity index (χ0) is 18.6. The summed E-state index contributed by atoms with van der Waals surface area (Å²) in [5.41, 5.74) is -0.112. The van der Waals surface area contributed by atoms with Crippen LogP contribution in [-0.2, 0) is 6.18 Å². The molecule has 3 rings (SSSR count). The van der Waals surface area contributed by atoms with E-state index < -0.39 is 11.7 Å². The molecule has 0 bridgehead atoms. The number of hydrogen-bond donors (Lipinski definition) is 1. The molecule has 1 unspecified atom stereocenters. The minimum atomic E-state index is -4.37. The molecule has 1 heterocycles. The molecule has 1 fully saturated rings. The van der Waals surface area contributed by atoms with Crippen molar-refractivity contribution in [3.8, 4) is 11.5 Å². The molecule has 1 atom stereocenters. The minimum absolute atomic E-state index is 0.0745. The standard InChI is InChI=1S/C20H20F3NO2/c21-20(22,23)15-6-10-18(11-7-15)26-17-8-4-14(5-9-17)19(25)13-16-3-1-2-12-24-16/h4-11,16,24H,1-3,12-13H2. The van der Waals surface area contributed by atoms with Gasteiger partial charge < -0.3 is 10.1 Å². The summed E-state index contributed by atoms with van der Waals surface area (Å²) in [7, 11) is 0. The summed E-state index contributed by atoms with van der Waals surface area (Å²) in [6.45, 7) is 0.956. The van der Waals surface area contributed by atoms with E-state index in [1.165, 1.54) is 12.1 Å². The molecule has 0 aromatic heterocycles. The Morgan fingerprint density at radius 3 is 2.15 bits per heavy atom. The van der Waals surface area contributed by atoms with Crippen LogP contribution in [0.1, 0.15) is 41.6 Å². The fraction of sp³-hybridized carbons (Fsp3) is 0.350. The Labute approximate surface area is 150 Å². The number of ether oxygens (including phenoxy) is 1. The Balaban J connectivity index is 1.59. The van der Waals surface area contributed by atoms with Crippen molar-refractivity contribution >= 4 is 5.78 Å². The highest BCUT2D eigenvalue weighted by molar-refractivity contribution is 5.96. The number of Topliss-reactive ketones (excluding diaryl/α,β-unsaturated/α-hetero) is 1. The van der Waals surface area contributed by atoms with Crippen molar-refractivity contribution in [1.29, 1.82) is 0 Å². The van der Waals surface area contributed by atoms with Gasteiger partial charge in [-0.25, -0.2) is 0 Å². The lowest BCUT2D eigenvalue weighted by atomic mass is 9.97. The number of carbonyl (C=O) groups is 1. The second kappa shape index (κ2) is 7.91. The number of rotatable bonds is 5. The average molecular weight is 363 g/mol. The first-order valence-corrected chi connectivity index (χ1v) is 8.63. The molecular weight excluding hydrogens is 343 g/mol. The Bertz CT molecular complexity index is 733. The summed E-state index contributed by atoms with van der Waals surface area (Å²) < 4.78 is 43.2. The fourth-order valence-electron chi connectivity index (χ4n) is 3.00. The fourth-order valence-corrected chi connectivity index (χ4v) is 3.00. The average Bonchev–Trinajstić information content (AvgIpc) is 2.63. The Morgan fingerprint density at radius 1 is 1.00 bits per heavy atom. The molecule has 0 aliphatic carbocycles. The molecule has 6 heteroatoms. The van der Waals surface area contributed by atoms with Crippen molar-refractivity contribution in [2.45, 2.75) is 37.9 Å². The van der Waals surface area contributed by atoms with E-state index in [9.17, 15) is 18.0 Å². The van der Waals surface area contributed by atoms with Crippen LogP contribution in [0.4, 0.5) is 13.2 Å². The Hall–Kier alpha value is -2.34. The van der Waals surface area contributed by atoms with Crippen LogP contribution in [-0.4, -0.2) is 18.4 Å². The van der Waals surface area contributed by atoms with E-state index in [1.54, 1.807) is 24.3 Å². The smallest absolute Gasteiger partial charge is 0.416 e. The second-order valence-electron chi connectivity index (χ2n) is 6.42. The maximum Gasteiger partial charge on any atom is 0.416 e. The molecule has 1 aliphatic heterocycles. The molecule has 3 nitrogen and oxygen atoms in total. The number of nitrogens with one attached hydrogen (secondary N) is 1. The zero-order valence-electron chi connectivity index (χ0n) is 14.2. The van der Waals surface area contributed by atoms with Crippen LogP contribution in [0.25, 0.3) is 0 Å². The molecular formula is C20H20F3NO2. The molecule has 1 N–H and O–H groups in total. The predicted octanol–water partition coefficient (Wildman–Crippen LogP) is 5.21. The SMILES string of the molecule is O=C(CC1CCCCN1)c1ccc(Oc2ccc(C(F)(F)F)cc2)cc1. The molecule has 0 saturated carbocycles. The van der Waals surface area contributed by atoms with Gasteiger partial charge in [-0.05, 0) is 67.9 Å². The van der Waals surface area contributed by atoms with E-state index in [0.29, 0.717) is 23.5 Å². The highest BCUT2D eigenvalue weighted by Crippen LogP contribution is 2.31. The van der Waals surface area contributed by atoms with Crippen LogP contribution in [0.15, 0.2) is 48.5 Å². The molecule has 2 aromatic rings. The first-order valence-electron chi connectivity index (χ1n) is 8.63. The Morgan fingerprint density at radius 2 is 1.62 bits per heavy atom. The molecule has 0 spiro atoms. The van der Waals surface area contributed by atoms with E-state index in [4.69, 9.17) is 4.74 Å². The molecule has 0 amide bonds. The van der Waals surface area contributed by atoms with Gasteiger partial charge >= 0.3 is 6.18 Å². The largest absolute Gasteiger partial charge is 0.457 e. The van der Waals surface area contributed by atoms with Gasteiger partial charge in [0.25, 0.3) is 0 Å². The summed E-state index contributed by atoms with van der Waals surface area (Å²) in [6.07, 6.45) is -0.584. The van der Waals surface area contributed by atoms with Gasteiger partial charge in [0.05, 0.1) is 5.56 Å². The van der Waals surface area contributed by atoms with Crippen molar-refractivity contribution in [2.75, 3.05) is 6.54 Å². The van der Waals surface area contributed by atoms with Gasteiger partial charge in [0.2, 0.25) is 0 Å². The van der Waals surface area contributed by atoms with Gasteiger partial charge in [-0.3, -0.25) is 4.79 Å². The van der Waals surface area contributed by atoms with E-state index in [0.717, 1.165) is 37.9 Å². The molecule has 26 heavy (non-hydrogen) atoms. The molecule has 1 saturated heterocycles. The minimum Gasteiger partial charge on any atom is -0.457 e. The van der Waals surface area contributed by atoms with Crippen LogP contribution in [0.3, 0.4) is 0 Å². The van der Waals surface area contributed by atoms with Gasteiger partial charge in [-0.2, -0.15) is 13.2 Å². The summed E-state index contributed by atoms with van der Waals surface area (Å²) in [5.74, 6) is 0.853. The normalized spacial score (nSPS) is 17.7. The highest BCUT2D eigenvalue weighted by atomic mass is 19.4. The van der Waals surface area contributed by atoms with Gasteiger partial charge in [0.1, 0.15) is 11.5 Å². The van der Waals surface area contributed by atoms with Crippen LogP contribution in [0.2, 0.25) is 0 Å². The van der Waals surface area contributed by atoms with Crippen molar-refractivity contribution < 1.29 is 22.7 Å². The maximum absolute atomic E-state index is 12.6. The zero-order valence-corrected chi connectivity index (χ0v) is 14.2. The number of benzene rings is 2. The van der Waals surface area contributed by atoms with Gasteiger partial charge in [0, 0.05) is 18.0 Å². The monoisotopic (exact) mass is 363 g/mol. The number of ketones is 1. The van der Waals surface area contributed by atoms with E-state index >= 15 is 0 Å². The van der Waals surface area contributed by atoms with Crippen molar-refractivity contribution in [2.24, 2.45) is 0 Å². The third-order valence-corrected chi connectivity index (χ3v) is 4.44. The molecule has 138 valence electrons.